The largest absolute Gasteiger partial charge is 0.508 e. The number of aliphatic carboxylic acids is 1. The van der Waals surface area contributed by atoms with Crippen LogP contribution < -0.4 is 5.32 Å². The molecule has 114 valence electrons. The summed E-state index contributed by atoms with van der Waals surface area (Å²) in [6.45, 7) is 0.866. The number of amides is 1. The van der Waals surface area contributed by atoms with Crippen LogP contribution in [0.25, 0.3) is 0 Å². The van der Waals surface area contributed by atoms with Crippen LogP contribution >= 0.6 is 0 Å². The van der Waals surface area contributed by atoms with Gasteiger partial charge in [-0.1, -0.05) is 12.1 Å². The van der Waals surface area contributed by atoms with Crippen LogP contribution in [0.1, 0.15) is 5.56 Å². The van der Waals surface area contributed by atoms with Gasteiger partial charge in [0.15, 0.2) is 6.10 Å². The number of benzene rings is 1. The molecule has 0 bridgehead atoms. The van der Waals surface area contributed by atoms with E-state index in [2.05, 4.69) is 5.32 Å². The zero-order valence-corrected chi connectivity index (χ0v) is 11.3. The first kappa shape index (κ1) is 15.3. The Morgan fingerprint density at radius 1 is 1.29 bits per heavy atom. The smallest absolute Gasteiger partial charge is 0.326 e. The molecule has 2 unspecified atom stereocenters. The fourth-order valence-electron chi connectivity index (χ4n) is 1.97. The van der Waals surface area contributed by atoms with Crippen molar-refractivity contribution in [2.24, 2.45) is 0 Å². The van der Waals surface area contributed by atoms with Crippen molar-refractivity contribution in [3.63, 3.8) is 0 Å². The molecule has 7 nitrogen and oxygen atoms in total. The lowest BCUT2D eigenvalue weighted by atomic mass is 10.1. The van der Waals surface area contributed by atoms with E-state index in [4.69, 9.17) is 9.47 Å². The maximum absolute atomic E-state index is 11.9. The molecule has 7 heteroatoms. The first-order chi connectivity index (χ1) is 10.1. The van der Waals surface area contributed by atoms with Crippen LogP contribution in [0.4, 0.5) is 0 Å². The molecule has 1 aliphatic heterocycles. The number of hydrogen-bond donors (Lipinski definition) is 3. The molecule has 1 aromatic carbocycles. The summed E-state index contributed by atoms with van der Waals surface area (Å²) in [5, 5.41) is 20.8. The summed E-state index contributed by atoms with van der Waals surface area (Å²) in [4.78, 5) is 23.2. The summed E-state index contributed by atoms with van der Waals surface area (Å²) < 4.78 is 10.3. The first-order valence-electron chi connectivity index (χ1n) is 6.56. The average Bonchev–Trinajstić information content (AvgIpc) is 2.49. The van der Waals surface area contributed by atoms with Gasteiger partial charge in [0, 0.05) is 6.42 Å². The zero-order valence-electron chi connectivity index (χ0n) is 11.3. The monoisotopic (exact) mass is 295 g/mol. The molecule has 1 amide bonds. The number of carboxylic acid groups (broad SMARTS) is 1. The molecule has 3 N–H and O–H groups in total. The molecule has 1 aliphatic rings. The molecule has 0 saturated carbocycles. The highest BCUT2D eigenvalue weighted by Crippen LogP contribution is 2.12. The molecule has 1 heterocycles. The molecule has 2 atom stereocenters. The van der Waals surface area contributed by atoms with E-state index in [9.17, 15) is 19.8 Å². The highest BCUT2D eigenvalue weighted by Gasteiger charge is 2.27. The molecule has 21 heavy (non-hydrogen) atoms. The van der Waals surface area contributed by atoms with Gasteiger partial charge in [-0.3, -0.25) is 4.79 Å². The molecular weight excluding hydrogens is 278 g/mol. The van der Waals surface area contributed by atoms with Crippen LogP contribution in [0.2, 0.25) is 0 Å². The normalized spacial score (nSPS) is 19.7. The molecule has 0 aliphatic carbocycles. The Bertz CT molecular complexity index is 495. The fourth-order valence-corrected chi connectivity index (χ4v) is 1.97. The maximum Gasteiger partial charge on any atom is 0.326 e. The summed E-state index contributed by atoms with van der Waals surface area (Å²) in [5.74, 6) is -1.53. The van der Waals surface area contributed by atoms with Crippen LogP contribution in [0.3, 0.4) is 0 Å². The molecule has 0 radical (unpaired) electrons. The Hall–Kier alpha value is -2.12. The number of hydrogen-bond acceptors (Lipinski definition) is 5. The van der Waals surface area contributed by atoms with Crippen molar-refractivity contribution in [1.29, 1.82) is 0 Å². The Balaban J connectivity index is 1.96. The van der Waals surface area contributed by atoms with Crippen LogP contribution in [-0.4, -0.2) is 54.1 Å². The predicted molar refractivity (Wildman–Crippen MR) is 71.9 cm³/mol. The predicted octanol–water partition coefficient (Wildman–Crippen LogP) is -0.0805. The Morgan fingerprint density at radius 2 is 2.00 bits per heavy atom. The number of aromatic hydroxyl groups is 1. The van der Waals surface area contributed by atoms with E-state index in [1.165, 1.54) is 12.1 Å². The van der Waals surface area contributed by atoms with E-state index in [0.717, 1.165) is 0 Å². The number of carboxylic acids is 1. The van der Waals surface area contributed by atoms with Gasteiger partial charge in [0.05, 0.1) is 19.8 Å². The van der Waals surface area contributed by atoms with Crippen molar-refractivity contribution in [2.45, 2.75) is 18.6 Å². The van der Waals surface area contributed by atoms with Gasteiger partial charge in [-0.05, 0) is 17.7 Å². The van der Waals surface area contributed by atoms with Crippen molar-refractivity contribution in [3.05, 3.63) is 29.8 Å². The fraction of sp³-hybridized carbons (Fsp3) is 0.429. The standard InChI is InChI=1S/C14H17NO6/c16-10-3-1-9(2-4-10)7-11(14(18)19)15-13(17)12-8-20-5-6-21-12/h1-4,11-12,16H,5-8H2,(H,15,17)(H,18,19). The number of ether oxygens (including phenoxy) is 2. The molecule has 1 saturated heterocycles. The molecule has 1 aromatic rings. The van der Waals surface area contributed by atoms with Gasteiger partial charge in [0.1, 0.15) is 11.8 Å². The third-order valence-corrected chi connectivity index (χ3v) is 3.10. The SMILES string of the molecule is O=C(O)C(Cc1ccc(O)cc1)NC(=O)C1COCCO1. The molecule has 0 spiro atoms. The maximum atomic E-state index is 11.9. The minimum absolute atomic E-state index is 0.0995. The van der Waals surface area contributed by atoms with E-state index in [1.807, 2.05) is 0 Å². The van der Waals surface area contributed by atoms with Gasteiger partial charge in [-0.25, -0.2) is 4.79 Å². The van der Waals surface area contributed by atoms with Crippen LogP contribution in [0.15, 0.2) is 24.3 Å². The van der Waals surface area contributed by atoms with E-state index >= 15 is 0 Å². The Kier molecular flexibility index (Phi) is 5.13. The second-order valence-corrected chi connectivity index (χ2v) is 4.70. The lowest BCUT2D eigenvalue weighted by molar-refractivity contribution is -0.152. The number of rotatable bonds is 5. The van der Waals surface area contributed by atoms with E-state index in [0.29, 0.717) is 18.8 Å². The van der Waals surface area contributed by atoms with Crippen LogP contribution in [-0.2, 0) is 25.5 Å². The summed E-state index contributed by atoms with van der Waals surface area (Å²) in [5.41, 5.74) is 0.696. The van der Waals surface area contributed by atoms with Crippen molar-refractivity contribution >= 4 is 11.9 Å². The Morgan fingerprint density at radius 3 is 2.57 bits per heavy atom. The van der Waals surface area contributed by atoms with Gasteiger partial charge in [-0.2, -0.15) is 0 Å². The average molecular weight is 295 g/mol. The molecule has 0 aromatic heterocycles. The van der Waals surface area contributed by atoms with Gasteiger partial charge in [-0.15, -0.1) is 0 Å². The third kappa shape index (κ3) is 4.44. The highest BCUT2D eigenvalue weighted by molar-refractivity contribution is 5.86. The van der Waals surface area contributed by atoms with Crippen molar-refractivity contribution < 1.29 is 29.3 Å². The van der Waals surface area contributed by atoms with E-state index in [1.54, 1.807) is 12.1 Å². The van der Waals surface area contributed by atoms with Crippen LogP contribution in [0, 0.1) is 0 Å². The number of phenolic OH excluding ortho intramolecular Hbond substituents is 1. The van der Waals surface area contributed by atoms with E-state index in [-0.39, 0.29) is 18.8 Å². The third-order valence-electron chi connectivity index (χ3n) is 3.10. The number of nitrogens with one attached hydrogen (secondary N) is 1. The lowest BCUT2D eigenvalue weighted by Crippen LogP contribution is -2.50. The van der Waals surface area contributed by atoms with Gasteiger partial charge in [0.25, 0.3) is 5.91 Å². The van der Waals surface area contributed by atoms with Gasteiger partial charge < -0.3 is 25.0 Å². The van der Waals surface area contributed by atoms with Crippen molar-refractivity contribution in [3.8, 4) is 5.75 Å². The lowest BCUT2D eigenvalue weighted by Gasteiger charge is -2.24. The first-order valence-corrected chi connectivity index (χ1v) is 6.56. The van der Waals surface area contributed by atoms with E-state index < -0.39 is 24.0 Å². The molecular formula is C14H17NO6. The number of carbonyl (C=O) groups excluding carboxylic acids is 1. The topological polar surface area (TPSA) is 105 Å². The van der Waals surface area contributed by atoms with Crippen LogP contribution in [0.5, 0.6) is 5.75 Å². The molecule has 2 rings (SSSR count). The Labute approximate surface area is 121 Å². The second kappa shape index (κ2) is 7.05. The molecule has 1 fully saturated rings. The number of phenols is 1. The van der Waals surface area contributed by atoms with Crippen molar-refractivity contribution in [1.82, 2.24) is 5.32 Å². The zero-order chi connectivity index (χ0) is 15.2. The minimum atomic E-state index is -1.13. The summed E-state index contributed by atoms with van der Waals surface area (Å²) in [6.07, 6.45) is -0.657. The highest BCUT2D eigenvalue weighted by atomic mass is 16.6. The summed E-state index contributed by atoms with van der Waals surface area (Å²) >= 11 is 0. The summed E-state index contributed by atoms with van der Waals surface area (Å²) in [6, 6.07) is 5.09. The summed E-state index contributed by atoms with van der Waals surface area (Å²) in [7, 11) is 0. The van der Waals surface area contributed by atoms with Gasteiger partial charge in [0.2, 0.25) is 0 Å². The van der Waals surface area contributed by atoms with Crippen molar-refractivity contribution in [2.75, 3.05) is 19.8 Å². The van der Waals surface area contributed by atoms with Gasteiger partial charge >= 0.3 is 5.97 Å². The number of carbonyl (C=O) groups is 2. The minimum Gasteiger partial charge on any atom is -0.508 e. The second-order valence-electron chi connectivity index (χ2n) is 4.70. The quantitative estimate of drug-likeness (QED) is 0.701.